The van der Waals surface area contributed by atoms with E-state index in [0.29, 0.717) is 10.8 Å². The van der Waals surface area contributed by atoms with Crippen LogP contribution in [-0.2, 0) is 17.8 Å². The van der Waals surface area contributed by atoms with E-state index in [1.54, 1.807) is 6.07 Å². The first-order valence-corrected chi connectivity index (χ1v) is 10.4. The molecule has 4 rings (SSSR count). The molecule has 3 aromatic rings. The van der Waals surface area contributed by atoms with Crippen LogP contribution in [0.3, 0.4) is 0 Å². The van der Waals surface area contributed by atoms with Gasteiger partial charge in [-0.25, -0.2) is 9.97 Å². The number of carbonyl (C=O) groups is 1. The molecule has 1 saturated heterocycles. The summed E-state index contributed by atoms with van der Waals surface area (Å²) in [6.07, 6.45) is 1.70. The number of carbonyl (C=O) groups excluding carboxylic acids is 1. The molecule has 0 spiro atoms. The van der Waals surface area contributed by atoms with E-state index in [1.807, 2.05) is 30.3 Å². The maximum Gasteiger partial charge on any atom is 0.230 e. The van der Waals surface area contributed by atoms with Gasteiger partial charge in [-0.2, -0.15) is 0 Å². The van der Waals surface area contributed by atoms with Gasteiger partial charge in [0, 0.05) is 43.8 Å². The molecule has 1 aliphatic heterocycles. The minimum absolute atomic E-state index is 0.152. The summed E-state index contributed by atoms with van der Waals surface area (Å²) in [7, 11) is 0. The lowest BCUT2D eigenvalue weighted by Gasteiger charge is -2.35. The van der Waals surface area contributed by atoms with Gasteiger partial charge in [0.15, 0.2) is 0 Å². The van der Waals surface area contributed by atoms with E-state index in [9.17, 15) is 4.79 Å². The van der Waals surface area contributed by atoms with Gasteiger partial charge in [0.05, 0.1) is 6.42 Å². The van der Waals surface area contributed by atoms with Crippen LogP contribution < -0.4 is 10.2 Å². The molecule has 154 valence electrons. The van der Waals surface area contributed by atoms with Crippen LogP contribution >= 0.6 is 11.6 Å². The lowest BCUT2D eigenvalue weighted by Crippen LogP contribution is -2.46. The average molecular weight is 422 g/mol. The fourth-order valence-corrected chi connectivity index (χ4v) is 3.77. The molecule has 6 nitrogen and oxygen atoms in total. The Hall–Kier alpha value is -2.96. The lowest BCUT2D eigenvalue weighted by molar-refractivity contribution is -0.115. The Morgan fingerprint density at radius 2 is 1.70 bits per heavy atom. The molecular weight excluding hydrogens is 398 g/mol. The van der Waals surface area contributed by atoms with Gasteiger partial charge in [-0.05, 0) is 17.2 Å². The Morgan fingerprint density at radius 3 is 2.47 bits per heavy atom. The summed E-state index contributed by atoms with van der Waals surface area (Å²) in [5, 5.41) is 3.44. The van der Waals surface area contributed by atoms with Gasteiger partial charge in [-0.15, -0.1) is 0 Å². The molecule has 1 amide bonds. The van der Waals surface area contributed by atoms with Crippen LogP contribution in [-0.4, -0.2) is 47.0 Å². The first kappa shape index (κ1) is 20.3. The monoisotopic (exact) mass is 421 g/mol. The molecule has 7 heteroatoms. The molecule has 2 aromatic carbocycles. The van der Waals surface area contributed by atoms with Gasteiger partial charge in [0.2, 0.25) is 5.91 Å². The highest BCUT2D eigenvalue weighted by molar-refractivity contribution is 6.31. The second-order valence-corrected chi connectivity index (χ2v) is 7.73. The molecule has 1 aliphatic rings. The zero-order chi connectivity index (χ0) is 20.8. The number of benzene rings is 2. The van der Waals surface area contributed by atoms with E-state index < -0.39 is 0 Å². The Kier molecular flexibility index (Phi) is 6.57. The van der Waals surface area contributed by atoms with E-state index in [1.165, 1.54) is 11.9 Å². The maximum atomic E-state index is 12.4. The molecule has 0 unspecified atom stereocenters. The zero-order valence-electron chi connectivity index (χ0n) is 16.7. The van der Waals surface area contributed by atoms with Crippen molar-refractivity contribution in [1.29, 1.82) is 0 Å². The Morgan fingerprint density at radius 1 is 0.967 bits per heavy atom. The number of nitrogens with one attached hydrogen (secondary N) is 1. The van der Waals surface area contributed by atoms with Crippen molar-refractivity contribution in [2.45, 2.75) is 13.0 Å². The number of amides is 1. The third-order valence-corrected chi connectivity index (χ3v) is 5.54. The fourth-order valence-electron chi connectivity index (χ4n) is 3.57. The van der Waals surface area contributed by atoms with Gasteiger partial charge in [0.1, 0.15) is 18.0 Å². The van der Waals surface area contributed by atoms with Crippen molar-refractivity contribution in [1.82, 2.24) is 14.9 Å². The molecule has 0 aliphatic carbocycles. The number of aromatic nitrogens is 2. The molecule has 1 N–H and O–H groups in total. The van der Waals surface area contributed by atoms with Crippen LogP contribution in [0.5, 0.6) is 0 Å². The van der Waals surface area contributed by atoms with Crippen LogP contribution in [0.25, 0.3) is 0 Å². The third kappa shape index (κ3) is 5.34. The summed E-state index contributed by atoms with van der Waals surface area (Å²) in [4.78, 5) is 25.7. The topological polar surface area (TPSA) is 61.4 Å². The molecule has 30 heavy (non-hydrogen) atoms. The number of halogens is 1. The van der Waals surface area contributed by atoms with E-state index >= 15 is 0 Å². The molecule has 0 bridgehead atoms. The van der Waals surface area contributed by atoms with Gasteiger partial charge < -0.3 is 10.2 Å². The van der Waals surface area contributed by atoms with Crippen LogP contribution in [0.4, 0.5) is 11.6 Å². The summed E-state index contributed by atoms with van der Waals surface area (Å²) in [5.74, 6) is 1.18. The fraction of sp³-hybridized carbons (Fsp3) is 0.261. The second kappa shape index (κ2) is 9.69. The smallest absolute Gasteiger partial charge is 0.230 e. The Labute approximate surface area is 181 Å². The summed E-state index contributed by atoms with van der Waals surface area (Å²) in [6, 6.07) is 19.7. The van der Waals surface area contributed by atoms with E-state index in [2.05, 4.69) is 49.4 Å². The minimum atomic E-state index is -0.152. The molecule has 1 aromatic heterocycles. The highest BCUT2D eigenvalue weighted by atomic mass is 35.5. The molecule has 1 fully saturated rings. The highest BCUT2D eigenvalue weighted by Gasteiger charge is 2.19. The Balaban J connectivity index is 1.32. The van der Waals surface area contributed by atoms with Crippen LogP contribution in [0.2, 0.25) is 5.02 Å². The second-order valence-electron chi connectivity index (χ2n) is 7.33. The Bertz CT molecular complexity index is 990. The van der Waals surface area contributed by atoms with E-state index in [4.69, 9.17) is 11.6 Å². The molecule has 0 atom stereocenters. The molecule has 0 saturated carbocycles. The number of piperazine rings is 1. The summed E-state index contributed by atoms with van der Waals surface area (Å²) < 4.78 is 0. The largest absolute Gasteiger partial charge is 0.354 e. The van der Waals surface area contributed by atoms with Gasteiger partial charge in [-0.3, -0.25) is 9.69 Å². The van der Waals surface area contributed by atoms with Gasteiger partial charge in [0.25, 0.3) is 0 Å². The first-order valence-electron chi connectivity index (χ1n) is 10.0. The first-order chi connectivity index (χ1) is 14.7. The van der Waals surface area contributed by atoms with Crippen molar-refractivity contribution in [2.24, 2.45) is 0 Å². The third-order valence-electron chi connectivity index (χ3n) is 5.17. The minimum Gasteiger partial charge on any atom is -0.354 e. The average Bonchev–Trinajstić information content (AvgIpc) is 2.77. The standard InChI is InChI=1S/C23H24ClN5O/c24-20-9-5-4-8-19(20)14-23(30)27-21-15-22(26-17-25-21)29-12-10-28(11-13-29)16-18-6-2-1-3-7-18/h1-9,15,17H,10-14,16H2,(H,25,26,27,30). The number of anilines is 2. The summed E-state index contributed by atoms with van der Waals surface area (Å²) in [5.41, 5.74) is 2.12. The lowest BCUT2D eigenvalue weighted by atomic mass is 10.1. The van der Waals surface area contributed by atoms with Gasteiger partial charge in [-0.1, -0.05) is 60.1 Å². The van der Waals surface area contributed by atoms with Crippen molar-refractivity contribution in [3.63, 3.8) is 0 Å². The highest BCUT2D eigenvalue weighted by Crippen LogP contribution is 2.19. The SMILES string of the molecule is O=C(Cc1ccccc1Cl)Nc1cc(N2CCN(Cc3ccccc3)CC2)ncn1. The summed E-state index contributed by atoms with van der Waals surface area (Å²) >= 11 is 6.14. The number of hydrogen-bond donors (Lipinski definition) is 1. The van der Waals surface area contributed by atoms with Gasteiger partial charge >= 0.3 is 0 Å². The van der Waals surface area contributed by atoms with E-state index in [0.717, 1.165) is 44.1 Å². The van der Waals surface area contributed by atoms with Crippen molar-refractivity contribution < 1.29 is 4.79 Å². The molecule has 2 heterocycles. The summed E-state index contributed by atoms with van der Waals surface area (Å²) in [6.45, 7) is 4.66. The number of rotatable bonds is 6. The molecular formula is C23H24ClN5O. The predicted octanol–water partition coefficient (Wildman–Crippen LogP) is 3.63. The maximum absolute atomic E-state index is 12.4. The van der Waals surface area contributed by atoms with Crippen molar-refractivity contribution in [3.05, 3.63) is 83.1 Å². The van der Waals surface area contributed by atoms with Crippen LogP contribution in [0.15, 0.2) is 67.0 Å². The van der Waals surface area contributed by atoms with Crippen LogP contribution in [0, 0.1) is 0 Å². The van der Waals surface area contributed by atoms with Crippen molar-refractivity contribution >= 4 is 29.1 Å². The zero-order valence-corrected chi connectivity index (χ0v) is 17.4. The molecule has 0 radical (unpaired) electrons. The van der Waals surface area contributed by atoms with Crippen molar-refractivity contribution in [2.75, 3.05) is 36.4 Å². The quantitative estimate of drug-likeness (QED) is 0.658. The normalized spacial score (nSPS) is 14.5. The van der Waals surface area contributed by atoms with Crippen LogP contribution in [0.1, 0.15) is 11.1 Å². The van der Waals surface area contributed by atoms with E-state index in [-0.39, 0.29) is 12.3 Å². The number of nitrogens with zero attached hydrogens (tertiary/aromatic N) is 4. The predicted molar refractivity (Wildman–Crippen MR) is 120 cm³/mol. The van der Waals surface area contributed by atoms with Crippen molar-refractivity contribution in [3.8, 4) is 0 Å². The number of hydrogen-bond acceptors (Lipinski definition) is 5.